The molecule has 1 rings (SSSR count). The summed E-state index contributed by atoms with van der Waals surface area (Å²) >= 11 is 0. The third-order valence-electron chi connectivity index (χ3n) is 7.29. The van der Waals surface area contributed by atoms with Crippen LogP contribution < -0.4 is 4.74 Å². The average Bonchev–Trinajstić information content (AvgIpc) is 3.18. The maximum absolute atomic E-state index is 13.6. The summed E-state index contributed by atoms with van der Waals surface area (Å²) in [6.07, 6.45) is 8.13. The van der Waals surface area contributed by atoms with Crippen molar-refractivity contribution in [2.45, 2.75) is 64.7 Å². The van der Waals surface area contributed by atoms with Gasteiger partial charge in [-0.3, -0.25) is 9.59 Å². The molecular formula is C37H59F5O13. The van der Waals surface area contributed by atoms with E-state index in [0.717, 1.165) is 12.8 Å². The molecule has 0 aromatic heterocycles. The lowest BCUT2D eigenvalue weighted by molar-refractivity contribution is -0.145. The molecule has 0 amide bonds. The van der Waals surface area contributed by atoms with Gasteiger partial charge in [-0.25, -0.2) is 13.2 Å². The Morgan fingerprint density at radius 2 is 0.673 bits per heavy atom. The number of carbonyl (C=O) groups excluding carboxylic acids is 2. The van der Waals surface area contributed by atoms with E-state index < -0.39 is 47.2 Å². The van der Waals surface area contributed by atoms with Crippen LogP contribution in [0.1, 0.15) is 64.7 Å². The zero-order valence-electron chi connectivity index (χ0n) is 32.0. The summed E-state index contributed by atoms with van der Waals surface area (Å²) in [5.41, 5.74) is 0. The van der Waals surface area contributed by atoms with Crippen molar-refractivity contribution in [2.75, 3.05) is 126 Å². The second-order valence-corrected chi connectivity index (χ2v) is 11.7. The smallest absolute Gasteiger partial charge is 0.313 e. The van der Waals surface area contributed by atoms with E-state index in [1.54, 1.807) is 0 Å². The first-order valence-electron chi connectivity index (χ1n) is 18.9. The number of rotatable bonds is 39. The molecule has 0 aliphatic rings. The molecule has 0 saturated heterocycles. The number of hydrogen-bond acceptors (Lipinski definition) is 13. The summed E-state index contributed by atoms with van der Waals surface area (Å²) in [4.78, 5) is 23.4. The van der Waals surface area contributed by atoms with Crippen LogP contribution in [0.15, 0.2) is 0 Å². The topological polar surface area (TPSA) is 136 Å². The van der Waals surface area contributed by atoms with Crippen LogP contribution >= 0.6 is 0 Å². The minimum absolute atomic E-state index is 0.0771. The number of carbonyl (C=O) groups is 2. The predicted octanol–water partition coefficient (Wildman–Crippen LogP) is 5.51. The lowest BCUT2D eigenvalue weighted by Crippen LogP contribution is -2.16. The standard InChI is InChI=1S/C37H59F5O13/c1-2-3-4-5-6-7-8-9-30(43)54-29-28-53-27-26-52-25-24-51-23-22-50-21-20-49-19-18-48-17-16-47-15-14-46-13-12-45-11-10-31(44)55-37-35(41)33(39)32(38)34(40)36(37)42/h2-29H2,1H3. The Balaban J connectivity index is 1.73. The van der Waals surface area contributed by atoms with Gasteiger partial charge in [-0.15, -0.1) is 0 Å². The predicted molar refractivity (Wildman–Crippen MR) is 187 cm³/mol. The molecule has 1 aromatic rings. The van der Waals surface area contributed by atoms with Crippen LogP contribution in [0.2, 0.25) is 0 Å². The molecule has 0 unspecified atom stereocenters. The molecule has 320 valence electrons. The molecule has 0 saturated carbocycles. The van der Waals surface area contributed by atoms with Crippen molar-refractivity contribution in [1.82, 2.24) is 0 Å². The Hall–Kier alpha value is -2.55. The van der Waals surface area contributed by atoms with Crippen LogP contribution in [0.5, 0.6) is 5.75 Å². The van der Waals surface area contributed by atoms with Gasteiger partial charge in [0.25, 0.3) is 0 Å². The number of halogens is 5. The van der Waals surface area contributed by atoms with Crippen molar-refractivity contribution in [3.8, 4) is 5.75 Å². The third-order valence-corrected chi connectivity index (χ3v) is 7.29. The molecule has 18 heteroatoms. The Labute approximate surface area is 320 Å². The highest BCUT2D eigenvalue weighted by atomic mass is 19.2. The quantitative estimate of drug-likeness (QED) is 0.0207. The van der Waals surface area contributed by atoms with Gasteiger partial charge in [0, 0.05) is 6.42 Å². The van der Waals surface area contributed by atoms with Gasteiger partial charge in [0.05, 0.1) is 125 Å². The number of esters is 2. The first-order valence-corrected chi connectivity index (χ1v) is 18.9. The van der Waals surface area contributed by atoms with Crippen LogP contribution in [0.4, 0.5) is 22.0 Å². The van der Waals surface area contributed by atoms with Crippen molar-refractivity contribution >= 4 is 11.9 Å². The Kier molecular flexibility index (Phi) is 32.9. The second-order valence-electron chi connectivity index (χ2n) is 11.7. The van der Waals surface area contributed by atoms with Gasteiger partial charge in [0.15, 0.2) is 0 Å². The fourth-order valence-electron chi connectivity index (χ4n) is 4.37. The van der Waals surface area contributed by atoms with E-state index in [1.165, 1.54) is 32.1 Å². The van der Waals surface area contributed by atoms with Crippen LogP contribution in [0, 0.1) is 29.1 Å². The van der Waals surface area contributed by atoms with Crippen LogP contribution in [0.3, 0.4) is 0 Å². The SMILES string of the molecule is CCCCCCCCCC(=O)OCCOCCOCCOCCOCCOCCOCCOCCOCCOCCC(=O)Oc1c(F)c(F)c(F)c(F)c1F. The zero-order chi connectivity index (χ0) is 40.2. The fourth-order valence-corrected chi connectivity index (χ4v) is 4.37. The van der Waals surface area contributed by atoms with Gasteiger partial charge in [0.1, 0.15) is 6.61 Å². The molecule has 0 atom stereocenters. The minimum Gasteiger partial charge on any atom is -0.463 e. The van der Waals surface area contributed by atoms with Gasteiger partial charge < -0.3 is 52.1 Å². The molecule has 0 radical (unpaired) electrons. The molecule has 0 fully saturated rings. The van der Waals surface area contributed by atoms with E-state index in [4.69, 9.17) is 47.4 Å². The lowest BCUT2D eigenvalue weighted by Gasteiger charge is -2.09. The van der Waals surface area contributed by atoms with Crippen LogP contribution in [-0.4, -0.2) is 137 Å². The first-order chi connectivity index (χ1) is 26.8. The number of unbranched alkanes of at least 4 members (excludes halogenated alkanes) is 6. The molecule has 13 nitrogen and oxygen atoms in total. The minimum atomic E-state index is -2.35. The van der Waals surface area contributed by atoms with Gasteiger partial charge >= 0.3 is 11.9 Å². The molecule has 55 heavy (non-hydrogen) atoms. The summed E-state index contributed by atoms with van der Waals surface area (Å²) in [5.74, 6) is -14.3. The highest BCUT2D eigenvalue weighted by Gasteiger charge is 2.28. The largest absolute Gasteiger partial charge is 0.463 e. The maximum atomic E-state index is 13.6. The highest BCUT2D eigenvalue weighted by Crippen LogP contribution is 2.29. The summed E-state index contributed by atoms with van der Waals surface area (Å²) in [6, 6.07) is 0. The Morgan fingerprint density at radius 1 is 0.364 bits per heavy atom. The second kappa shape index (κ2) is 35.8. The van der Waals surface area contributed by atoms with Gasteiger partial charge in [-0.2, -0.15) is 8.78 Å². The summed E-state index contributed by atoms with van der Waals surface area (Å²) < 4.78 is 124. The van der Waals surface area contributed by atoms with Crippen molar-refractivity contribution < 1.29 is 83.6 Å². The van der Waals surface area contributed by atoms with Crippen molar-refractivity contribution in [1.29, 1.82) is 0 Å². The van der Waals surface area contributed by atoms with E-state index in [0.29, 0.717) is 98.9 Å². The van der Waals surface area contributed by atoms with Gasteiger partial charge in [-0.1, -0.05) is 45.4 Å². The zero-order valence-corrected chi connectivity index (χ0v) is 32.0. The van der Waals surface area contributed by atoms with Crippen LogP contribution in [0.25, 0.3) is 0 Å². The molecule has 0 aliphatic carbocycles. The molecular weight excluding hydrogens is 747 g/mol. The maximum Gasteiger partial charge on any atom is 0.313 e. The third kappa shape index (κ3) is 27.7. The number of ether oxygens (including phenoxy) is 11. The highest BCUT2D eigenvalue weighted by molar-refractivity contribution is 5.72. The molecule has 0 heterocycles. The normalized spacial score (nSPS) is 11.4. The summed E-state index contributed by atoms with van der Waals surface area (Å²) in [5, 5.41) is 0. The summed E-state index contributed by atoms with van der Waals surface area (Å²) in [6.45, 7) is 8.37. The van der Waals surface area contributed by atoms with E-state index in [1.807, 2.05) is 0 Å². The van der Waals surface area contributed by atoms with Crippen molar-refractivity contribution in [3.63, 3.8) is 0 Å². The fraction of sp³-hybridized carbons (Fsp3) is 0.784. The van der Waals surface area contributed by atoms with E-state index in [9.17, 15) is 31.5 Å². The van der Waals surface area contributed by atoms with E-state index in [2.05, 4.69) is 11.7 Å². The Bertz CT molecular complexity index is 1090. The number of hydrogen-bond donors (Lipinski definition) is 0. The lowest BCUT2D eigenvalue weighted by atomic mass is 10.1. The van der Waals surface area contributed by atoms with E-state index in [-0.39, 0.29) is 39.0 Å². The molecule has 0 N–H and O–H groups in total. The number of benzene rings is 1. The van der Waals surface area contributed by atoms with Gasteiger partial charge in [-0.05, 0) is 6.42 Å². The monoisotopic (exact) mass is 806 g/mol. The van der Waals surface area contributed by atoms with Crippen molar-refractivity contribution in [2.24, 2.45) is 0 Å². The molecule has 1 aromatic carbocycles. The van der Waals surface area contributed by atoms with Crippen LogP contribution in [-0.2, 0) is 57.0 Å². The first kappa shape index (κ1) is 50.5. The Morgan fingerprint density at radius 3 is 1.05 bits per heavy atom. The molecule has 0 aliphatic heterocycles. The summed E-state index contributed by atoms with van der Waals surface area (Å²) in [7, 11) is 0. The van der Waals surface area contributed by atoms with Gasteiger partial charge in [0.2, 0.25) is 34.8 Å². The average molecular weight is 807 g/mol. The van der Waals surface area contributed by atoms with Crippen molar-refractivity contribution in [3.05, 3.63) is 29.1 Å². The molecule has 0 bridgehead atoms. The van der Waals surface area contributed by atoms with E-state index >= 15 is 0 Å². The molecule has 0 spiro atoms.